The summed E-state index contributed by atoms with van der Waals surface area (Å²) in [6.07, 6.45) is 3.26. The number of hydrogen-bond acceptors (Lipinski definition) is 3. The maximum Gasteiger partial charge on any atom is 0.290 e. The monoisotopic (exact) mass is 326 g/mol. The van der Waals surface area contributed by atoms with E-state index < -0.39 is 0 Å². The summed E-state index contributed by atoms with van der Waals surface area (Å²) in [5, 5.41) is 4.53. The molecule has 1 aromatic carbocycles. The zero-order valence-electron chi connectivity index (χ0n) is 12.7. The van der Waals surface area contributed by atoms with Crippen molar-refractivity contribution in [1.29, 1.82) is 0 Å². The first-order valence-corrected chi connectivity index (χ1v) is 7.46. The molecule has 0 aliphatic heterocycles. The molecule has 0 aliphatic rings. The third-order valence-electron chi connectivity index (χ3n) is 3.43. The van der Waals surface area contributed by atoms with E-state index in [1.165, 1.54) is 5.56 Å². The van der Waals surface area contributed by atoms with Crippen molar-refractivity contribution in [2.24, 2.45) is 5.10 Å². The molecule has 0 bridgehead atoms. The predicted molar refractivity (Wildman–Crippen MR) is 91.2 cm³/mol. The van der Waals surface area contributed by atoms with Gasteiger partial charge in [0, 0.05) is 6.20 Å². The third-order valence-corrected chi connectivity index (χ3v) is 3.65. The van der Waals surface area contributed by atoms with Crippen molar-refractivity contribution in [2.75, 3.05) is 0 Å². The third kappa shape index (κ3) is 3.24. The Labute approximate surface area is 138 Å². The second-order valence-corrected chi connectivity index (χ2v) is 5.67. The van der Waals surface area contributed by atoms with Crippen LogP contribution in [-0.4, -0.2) is 21.5 Å². The van der Waals surface area contributed by atoms with Gasteiger partial charge in [-0.25, -0.2) is 10.4 Å². The lowest BCUT2D eigenvalue weighted by Crippen LogP contribution is -2.20. The van der Waals surface area contributed by atoms with E-state index in [2.05, 4.69) is 15.5 Å². The lowest BCUT2D eigenvalue weighted by molar-refractivity contribution is 0.0948. The highest BCUT2D eigenvalue weighted by Gasteiger charge is 2.16. The van der Waals surface area contributed by atoms with Crippen LogP contribution < -0.4 is 5.43 Å². The van der Waals surface area contributed by atoms with Crippen LogP contribution in [0.4, 0.5) is 0 Å². The Bertz CT molecular complexity index is 897. The van der Waals surface area contributed by atoms with Gasteiger partial charge in [0.25, 0.3) is 5.91 Å². The van der Waals surface area contributed by atoms with Crippen molar-refractivity contribution in [3.8, 4) is 0 Å². The molecule has 0 unspecified atom stereocenters. The first-order valence-electron chi connectivity index (χ1n) is 7.09. The second kappa shape index (κ2) is 6.22. The summed E-state index contributed by atoms with van der Waals surface area (Å²) in [6.45, 7) is 3.79. The van der Waals surface area contributed by atoms with Crippen molar-refractivity contribution in [3.63, 3.8) is 0 Å². The largest absolute Gasteiger partial charge is 0.294 e. The van der Waals surface area contributed by atoms with E-state index >= 15 is 0 Å². The summed E-state index contributed by atoms with van der Waals surface area (Å²) in [5.41, 5.74) is 6.32. The van der Waals surface area contributed by atoms with Gasteiger partial charge in [-0.3, -0.25) is 9.20 Å². The SMILES string of the molecule is Cc1ccc(/C=N/NC(=O)c2c(C)nc3ccc(Cl)cn23)cc1. The number of fused-ring (bicyclic) bond motifs is 1. The highest BCUT2D eigenvalue weighted by Crippen LogP contribution is 2.16. The molecular weight excluding hydrogens is 312 g/mol. The molecule has 6 heteroatoms. The first kappa shape index (κ1) is 15.2. The average molecular weight is 327 g/mol. The van der Waals surface area contributed by atoms with Crippen LogP contribution in [-0.2, 0) is 0 Å². The molecule has 2 aromatic heterocycles. The molecule has 0 saturated carbocycles. The molecular formula is C17H15ClN4O. The number of nitrogens with one attached hydrogen (secondary N) is 1. The standard InChI is InChI=1S/C17H15ClN4O/c1-11-3-5-13(6-4-11)9-19-21-17(23)16-12(2)20-15-8-7-14(18)10-22(15)16/h3-10H,1-2H3,(H,21,23)/b19-9+. The number of hydrogen-bond donors (Lipinski definition) is 1. The van der Waals surface area contributed by atoms with Gasteiger partial charge in [-0.1, -0.05) is 41.4 Å². The summed E-state index contributed by atoms with van der Waals surface area (Å²) >= 11 is 5.99. The molecule has 0 saturated heterocycles. The molecule has 0 fully saturated rings. The molecule has 1 amide bonds. The van der Waals surface area contributed by atoms with Gasteiger partial charge in [0.1, 0.15) is 11.3 Å². The predicted octanol–water partition coefficient (Wildman–Crippen LogP) is 3.37. The van der Waals surface area contributed by atoms with Gasteiger partial charge in [0.2, 0.25) is 0 Å². The highest BCUT2D eigenvalue weighted by atomic mass is 35.5. The summed E-state index contributed by atoms with van der Waals surface area (Å²) in [5.74, 6) is -0.333. The molecule has 0 atom stereocenters. The van der Waals surface area contributed by atoms with Crippen LogP contribution in [0.25, 0.3) is 5.65 Å². The smallest absolute Gasteiger partial charge is 0.290 e. The summed E-state index contributed by atoms with van der Waals surface area (Å²) < 4.78 is 1.66. The number of amides is 1. The van der Waals surface area contributed by atoms with Crippen molar-refractivity contribution in [2.45, 2.75) is 13.8 Å². The summed E-state index contributed by atoms with van der Waals surface area (Å²) in [7, 11) is 0. The van der Waals surface area contributed by atoms with Crippen molar-refractivity contribution in [1.82, 2.24) is 14.8 Å². The number of aromatic nitrogens is 2. The molecule has 0 radical (unpaired) electrons. The Kier molecular flexibility index (Phi) is 4.12. The maximum absolute atomic E-state index is 12.4. The molecule has 23 heavy (non-hydrogen) atoms. The van der Waals surface area contributed by atoms with Gasteiger partial charge in [0.05, 0.1) is 16.9 Å². The van der Waals surface area contributed by atoms with Crippen LogP contribution in [0.15, 0.2) is 47.7 Å². The fourth-order valence-corrected chi connectivity index (χ4v) is 2.44. The van der Waals surface area contributed by atoms with E-state index in [0.29, 0.717) is 22.1 Å². The number of nitrogens with zero attached hydrogens (tertiary/aromatic N) is 3. The van der Waals surface area contributed by atoms with Crippen LogP contribution in [0, 0.1) is 13.8 Å². The molecule has 0 aliphatic carbocycles. The summed E-state index contributed by atoms with van der Waals surface area (Å²) in [4.78, 5) is 16.7. The lowest BCUT2D eigenvalue weighted by Gasteiger charge is -2.02. The Morgan fingerprint density at radius 2 is 1.96 bits per heavy atom. The number of benzene rings is 1. The minimum absolute atomic E-state index is 0.333. The van der Waals surface area contributed by atoms with Gasteiger partial charge in [-0.15, -0.1) is 0 Å². The van der Waals surface area contributed by atoms with Gasteiger partial charge < -0.3 is 0 Å². The molecule has 5 nitrogen and oxygen atoms in total. The minimum atomic E-state index is -0.333. The molecule has 0 spiro atoms. The average Bonchev–Trinajstić information content (AvgIpc) is 2.84. The molecule has 3 rings (SSSR count). The number of rotatable bonds is 3. The second-order valence-electron chi connectivity index (χ2n) is 5.23. The van der Waals surface area contributed by atoms with Gasteiger partial charge in [-0.05, 0) is 31.5 Å². The molecule has 3 aromatic rings. The van der Waals surface area contributed by atoms with Crippen molar-refractivity contribution in [3.05, 3.63) is 70.1 Å². The van der Waals surface area contributed by atoms with E-state index in [4.69, 9.17) is 11.6 Å². The number of carbonyl (C=O) groups excluding carboxylic acids is 1. The van der Waals surface area contributed by atoms with Crippen molar-refractivity contribution < 1.29 is 4.79 Å². The fourth-order valence-electron chi connectivity index (χ4n) is 2.28. The quantitative estimate of drug-likeness (QED) is 0.592. The summed E-state index contributed by atoms with van der Waals surface area (Å²) in [6, 6.07) is 11.3. The van der Waals surface area contributed by atoms with E-state index in [-0.39, 0.29) is 5.91 Å². The van der Waals surface area contributed by atoms with E-state index in [9.17, 15) is 4.79 Å². The van der Waals surface area contributed by atoms with Crippen molar-refractivity contribution >= 4 is 29.4 Å². The normalized spacial score (nSPS) is 11.3. The van der Waals surface area contributed by atoms with Crippen LogP contribution in [0.2, 0.25) is 5.02 Å². The van der Waals surface area contributed by atoms with Crippen LogP contribution in [0.1, 0.15) is 27.3 Å². The Morgan fingerprint density at radius 1 is 1.22 bits per heavy atom. The molecule has 116 valence electrons. The van der Waals surface area contributed by atoms with E-state index in [1.54, 1.807) is 35.9 Å². The van der Waals surface area contributed by atoms with E-state index in [1.807, 2.05) is 31.2 Å². The van der Waals surface area contributed by atoms with Gasteiger partial charge >= 0.3 is 0 Å². The zero-order valence-corrected chi connectivity index (χ0v) is 13.5. The van der Waals surface area contributed by atoms with Gasteiger partial charge in [0.15, 0.2) is 0 Å². The maximum atomic E-state index is 12.4. The Morgan fingerprint density at radius 3 is 2.70 bits per heavy atom. The number of imidazole rings is 1. The number of carbonyl (C=O) groups is 1. The van der Waals surface area contributed by atoms with Crippen LogP contribution >= 0.6 is 11.6 Å². The number of aryl methyl sites for hydroxylation is 2. The minimum Gasteiger partial charge on any atom is -0.294 e. The first-order chi connectivity index (χ1) is 11.0. The lowest BCUT2D eigenvalue weighted by atomic mass is 10.2. The van der Waals surface area contributed by atoms with Gasteiger partial charge in [-0.2, -0.15) is 5.10 Å². The topological polar surface area (TPSA) is 58.8 Å². The Hall–Kier alpha value is -2.66. The highest BCUT2D eigenvalue weighted by molar-refractivity contribution is 6.30. The number of hydrazone groups is 1. The van der Waals surface area contributed by atoms with Crippen LogP contribution in [0.5, 0.6) is 0 Å². The molecule has 2 heterocycles. The van der Waals surface area contributed by atoms with Crippen LogP contribution in [0.3, 0.4) is 0 Å². The number of pyridine rings is 1. The molecule has 1 N–H and O–H groups in total. The Balaban J connectivity index is 1.82. The zero-order chi connectivity index (χ0) is 16.4. The van der Waals surface area contributed by atoms with E-state index in [0.717, 1.165) is 5.56 Å². The number of halogens is 1. The fraction of sp³-hybridized carbons (Fsp3) is 0.118.